The van der Waals surface area contributed by atoms with Crippen molar-refractivity contribution in [1.29, 1.82) is 0 Å². The van der Waals surface area contributed by atoms with E-state index in [2.05, 4.69) is 12.2 Å². The molecule has 2 heteroatoms. The van der Waals surface area contributed by atoms with Gasteiger partial charge in [-0.15, -0.1) is 0 Å². The third kappa shape index (κ3) is 9.92. The Labute approximate surface area is 70.0 Å². The molecule has 0 atom stereocenters. The quantitative estimate of drug-likeness (QED) is 0.526. The highest BCUT2D eigenvalue weighted by Gasteiger charge is 1.87. The van der Waals surface area contributed by atoms with Crippen LogP contribution in [0.3, 0.4) is 0 Å². The lowest BCUT2D eigenvalue weighted by Crippen LogP contribution is -2.16. The van der Waals surface area contributed by atoms with Gasteiger partial charge >= 0.3 is 0 Å². The number of unbranched alkanes of at least 4 members (excludes halogenated alkanes) is 3. The number of rotatable bonds is 8. The summed E-state index contributed by atoms with van der Waals surface area (Å²) in [7, 11) is 0. The van der Waals surface area contributed by atoms with Gasteiger partial charge in [-0.05, 0) is 32.4 Å². The smallest absolute Gasteiger partial charge is 0.0431 e. The van der Waals surface area contributed by atoms with E-state index in [0.717, 1.165) is 25.9 Å². The Morgan fingerprint density at radius 3 is 2.18 bits per heavy atom. The van der Waals surface area contributed by atoms with Gasteiger partial charge in [0.25, 0.3) is 0 Å². The van der Waals surface area contributed by atoms with E-state index in [9.17, 15) is 0 Å². The Balaban J connectivity index is 2.69. The van der Waals surface area contributed by atoms with E-state index < -0.39 is 0 Å². The molecular weight excluding hydrogens is 138 g/mol. The van der Waals surface area contributed by atoms with E-state index in [0.29, 0.717) is 6.61 Å². The summed E-state index contributed by atoms with van der Waals surface area (Å²) in [4.78, 5) is 0. The van der Waals surface area contributed by atoms with Crippen molar-refractivity contribution in [2.75, 3.05) is 19.7 Å². The van der Waals surface area contributed by atoms with Gasteiger partial charge in [0, 0.05) is 6.61 Å². The molecule has 2 nitrogen and oxygen atoms in total. The highest BCUT2D eigenvalue weighted by atomic mass is 16.2. The van der Waals surface area contributed by atoms with Crippen LogP contribution in [0.5, 0.6) is 0 Å². The number of nitrogens with one attached hydrogen (secondary N) is 1. The maximum atomic E-state index is 8.48. The minimum atomic E-state index is 0.330. The van der Waals surface area contributed by atoms with Crippen LogP contribution in [0.25, 0.3) is 0 Å². The molecule has 2 N–H and O–H groups in total. The average Bonchev–Trinajstić information content (AvgIpc) is 2.03. The molecule has 0 aromatic rings. The van der Waals surface area contributed by atoms with E-state index >= 15 is 0 Å². The fraction of sp³-hybridized carbons (Fsp3) is 1.00. The molecular formula is C9H21NO. The van der Waals surface area contributed by atoms with Crippen molar-refractivity contribution < 1.29 is 5.11 Å². The Bertz CT molecular complexity index is 58.6. The predicted molar refractivity (Wildman–Crippen MR) is 48.7 cm³/mol. The molecule has 0 aromatic heterocycles. The summed E-state index contributed by atoms with van der Waals surface area (Å²) in [6.45, 7) is 4.74. The molecule has 0 radical (unpaired) electrons. The van der Waals surface area contributed by atoms with Crippen LogP contribution >= 0.6 is 0 Å². The maximum absolute atomic E-state index is 8.48. The van der Waals surface area contributed by atoms with Crippen molar-refractivity contribution in [3.63, 3.8) is 0 Å². The first-order valence-corrected chi connectivity index (χ1v) is 4.73. The van der Waals surface area contributed by atoms with Crippen LogP contribution in [0.1, 0.15) is 39.0 Å². The summed E-state index contributed by atoms with van der Waals surface area (Å²) in [5.41, 5.74) is 0. The van der Waals surface area contributed by atoms with Crippen LogP contribution in [-0.4, -0.2) is 24.8 Å². The summed E-state index contributed by atoms with van der Waals surface area (Å²) < 4.78 is 0. The zero-order valence-electron chi connectivity index (χ0n) is 7.60. The molecule has 0 fully saturated rings. The Morgan fingerprint density at radius 1 is 1.00 bits per heavy atom. The highest BCUT2D eigenvalue weighted by Crippen LogP contribution is 1.91. The SMILES string of the molecule is CCCCCNCCCCO. The average molecular weight is 159 g/mol. The fourth-order valence-electron chi connectivity index (χ4n) is 0.987. The molecule has 0 aliphatic rings. The largest absolute Gasteiger partial charge is 0.396 e. The predicted octanol–water partition coefficient (Wildman–Crippen LogP) is 1.54. The Hall–Kier alpha value is -0.0800. The van der Waals surface area contributed by atoms with E-state index in [1.54, 1.807) is 0 Å². The van der Waals surface area contributed by atoms with Crippen LogP contribution < -0.4 is 5.32 Å². The number of hydrogen-bond donors (Lipinski definition) is 2. The van der Waals surface area contributed by atoms with Crippen LogP contribution in [0, 0.1) is 0 Å². The molecule has 0 saturated carbocycles. The van der Waals surface area contributed by atoms with Crippen molar-refractivity contribution in [2.24, 2.45) is 0 Å². The first-order chi connectivity index (χ1) is 5.41. The van der Waals surface area contributed by atoms with Crippen LogP contribution in [0.2, 0.25) is 0 Å². The fourth-order valence-corrected chi connectivity index (χ4v) is 0.987. The summed E-state index contributed by atoms with van der Waals surface area (Å²) in [6, 6.07) is 0. The zero-order valence-corrected chi connectivity index (χ0v) is 7.60. The van der Waals surface area contributed by atoms with Crippen molar-refractivity contribution in [3.05, 3.63) is 0 Å². The van der Waals surface area contributed by atoms with Crippen molar-refractivity contribution in [1.82, 2.24) is 5.32 Å². The zero-order chi connectivity index (χ0) is 8.36. The molecule has 0 amide bonds. The Morgan fingerprint density at radius 2 is 1.64 bits per heavy atom. The number of aliphatic hydroxyl groups excluding tert-OH is 1. The second-order valence-corrected chi connectivity index (χ2v) is 2.89. The lowest BCUT2D eigenvalue weighted by Gasteiger charge is -2.02. The molecule has 0 bridgehead atoms. The number of hydrogen-bond acceptors (Lipinski definition) is 2. The molecule has 0 aliphatic carbocycles. The van der Waals surface area contributed by atoms with E-state index in [-0.39, 0.29) is 0 Å². The van der Waals surface area contributed by atoms with Crippen molar-refractivity contribution in [2.45, 2.75) is 39.0 Å². The molecule has 11 heavy (non-hydrogen) atoms. The summed E-state index contributed by atoms with van der Waals surface area (Å²) in [6.07, 6.45) is 5.93. The van der Waals surface area contributed by atoms with Crippen LogP contribution in [0.15, 0.2) is 0 Å². The molecule has 0 aliphatic heterocycles. The van der Waals surface area contributed by atoms with Gasteiger partial charge in [-0.1, -0.05) is 19.8 Å². The minimum absolute atomic E-state index is 0.330. The summed E-state index contributed by atoms with van der Waals surface area (Å²) >= 11 is 0. The summed E-state index contributed by atoms with van der Waals surface area (Å²) in [5.74, 6) is 0. The monoisotopic (exact) mass is 159 g/mol. The van der Waals surface area contributed by atoms with Gasteiger partial charge in [0.15, 0.2) is 0 Å². The third-order valence-electron chi connectivity index (χ3n) is 1.72. The highest BCUT2D eigenvalue weighted by molar-refractivity contribution is 4.48. The molecule has 0 rings (SSSR count). The molecule has 0 unspecified atom stereocenters. The topological polar surface area (TPSA) is 32.3 Å². The normalized spacial score (nSPS) is 10.4. The molecule has 0 spiro atoms. The lowest BCUT2D eigenvalue weighted by atomic mass is 10.2. The van der Waals surface area contributed by atoms with E-state index in [1.165, 1.54) is 19.3 Å². The Kier molecular flexibility index (Phi) is 9.85. The van der Waals surface area contributed by atoms with Crippen molar-refractivity contribution >= 4 is 0 Å². The molecule has 68 valence electrons. The van der Waals surface area contributed by atoms with E-state index in [4.69, 9.17) is 5.11 Å². The summed E-state index contributed by atoms with van der Waals surface area (Å²) in [5, 5.41) is 11.8. The van der Waals surface area contributed by atoms with Gasteiger partial charge in [0.2, 0.25) is 0 Å². The maximum Gasteiger partial charge on any atom is 0.0431 e. The van der Waals surface area contributed by atoms with Gasteiger partial charge in [-0.25, -0.2) is 0 Å². The van der Waals surface area contributed by atoms with Gasteiger partial charge in [-0.2, -0.15) is 0 Å². The second-order valence-electron chi connectivity index (χ2n) is 2.89. The van der Waals surface area contributed by atoms with Crippen molar-refractivity contribution in [3.8, 4) is 0 Å². The second kappa shape index (κ2) is 9.92. The third-order valence-corrected chi connectivity index (χ3v) is 1.72. The van der Waals surface area contributed by atoms with Crippen LogP contribution in [0.4, 0.5) is 0 Å². The first kappa shape index (κ1) is 10.9. The molecule has 0 aromatic carbocycles. The van der Waals surface area contributed by atoms with Gasteiger partial charge in [0.05, 0.1) is 0 Å². The molecule has 0 heterocycles. The standard InChI is InChI=1S/C9H21NO/c1-2-3-4-7-10-8-5-6-9-11/h10-11H,2-9H2,1H3. The first-order valence-electron chi connectivity index (χ1n) is 4.73. The van der Waals surface area contributed by atoms with Gasteiger partial charge < -0.3 is 10.4 Å². The lowest BCUT2D eigenvalue weighted by molar-refractivity contribution is 0.283. The van der Waals surface area contributed by atoms with Gasteiger partial charge in [0.1, 0.15) is 0 Å². The van der Waals surface area contributed by atoms with Crippen LogP contribution in [-0.2, 0) is 0 Å². The number of aliphatic hydroxyl groups is 1. The minimum Gasteiger partial charge on any atom is -0.396 e. The van der Waals surface area contributed by atoms with Gasteiger partial charge in [-0.3, -0.25) is 0 Å². The van der Waals surface area contributed by atoms with E-state index in [1.807, 2.05) is 0 Å². The molecule has 0 saturated heterocycles.